The molecule has 1 unspecified atom stereocenters. The lowest BCUT2D eigenvalue weighted by molar-refractivity contribution is 0.380. The van der Waals surface area contributed by atoms with Gasteiger partial charge in [-0.3, -0.25) is 11.3 Å². The van der Waals surface area contributed by atoms with Gasteiger partial charge in [-0.25, -0.2) is 4.39 Å². The molecule has 0 bridgehead atoms. The van der Waals surface area contributed by atoms with E-state index < -0.39 is 0 Å². The van der Waals surface area contributed by atoms with E-state index in [0.717, 1.165) is 12.0 Å². The lowest BCUT2D eigenvalue weighted by Gasteiger charge is -2.20. The Kier molecular flexibility index (Phi) is 4.55. The third kappa shape index (κ3) is 3.00. The van der Waals surface area contributed by atoms with Crippen LogP contribution in [0, 0.1) is 11.7 Å². The predicted molar refractivity (Wildman–Crippen MR) is 69.6 cm³/mol. The number of hydrogen-bond donors (Lipinski definition) is 2. The number of nitrogens with one attached hydrogen (secondary N) is 1. The molecule has 1 saturated carbocycles. The molecule has 1 fully saturated rings. The number of nitrogens with two attached hydrogens (primary N) is 1. The number of hydrogen-bond acceptors (Lipinski definition) is 3. The summed E-state index contributed by atoms with van der Waals surface area (Å²) < 4.78 is 18.6. The average Bonchev–Trinajstić information content (AvgIpc) is 2.88. The van der Waals surface area contributed by atoms with Gasteiger partial charge in [0, 0.05) is 6.04 Å². The van der Waals surface area contributed by atoms with Crippen LogP contribution in [-0.4, -0.2) is 7.11 Å². The molecule has 0 heterocycles. The van der Waals surface area contributed by atoms with E-state index in [1.54, 1.807) is 6.07 Å². The Morgan fingerprint density at radius 2 is 2.17 bits per heavy atom. The van der Waals surface area contributed by atoms with Crippen LogP contribution in [-0.2, 0) is 0 Å². The Bertz CT molecular complexity index is 391. The maximum absolute atomic E-state index is 13.7. The SMILES string of the molecule is COc1ccc(C(CC2CCCC2)NN)cc1F. The molecular formula is C14H21FN2O. The summed E-state index contributed by atoms with van der Waals surface area (Å²) in [5.41, 5.74) is 3.69. The Morgan fingerprint density at radius 3 is 2.72 bits per heavy atom. The highest BCUT2D eigenvalue weighted by Gasteiger charge is 2.21. The van der Waals surface area contributed by atoms with Crippen molar-refractivity contribution >= 4 is 0 Å². The molecule has 0 aliphatic heterocycles. The summed E-state index contributed by atoms with van der Waals surface area (Å²) in [4.78, 5) is 0. The molecule has 0 radical (unpaired) electrons. The summed E-state index contributed by atoms with van der Waals surface area (Å²) in [6, 6.07) is 5.07. The van der Waals surface area contributed by atoms with Gasteiger partial charge < -0.3 is 4.74 Å². The van der Waals surface area contributed by atoms with E-state index >= 15 is 0 Å². The Balaban J connectivity index is 2.08. The summed E-state index contributed by atoms with van der Waals surface area (Å²) >= 11 is 0. The fourth-order valence-electron chi connectivity index (χ4n) is 2.78. The Labute approximate surface area is 107 Å². The lowest BCUT2D eigenvalue weighted by atomic mass is 9.94. The zero-order chi connectivity index (χ0) is 13.0. The van der Waals surface area contributed by atoms with Crippen LogP contribution in [0.2, 0.25) is 0 Å². The molecule has 0 spiro atoms. The van der Waals surface area contributed by atoms with Crippen molar-refractivity contribution in [2.75, 3.05) is 7.11 Å². The number of ether oxygens (including phenoxy) is 1. The number of benzene rings is 1. The molecule has 1 aromatic rings. The largest absolute Gasteiger partial charge is 0.494 e. The van der Waals surface area contributed by atoms with Crippen molar-refractivity contribution in [3.63, 3.8) is 0 Å². The lowest BCUT2D eigenvalue weighted by Crippen LogP contribution is -2.29. The molecule has 2 rings (SSSR count). The zero-order valence-electron chi connectivity index (χ0n) is 10.8. The summed E-state index contributed by atoms with van der Waals surface area (Å²) in [6.07, 6.45) is 6.10. The maximum Gasteiger partial charge on any atom is 0.165 e. The first-order valence-corrected chi connectivity index (χ1v) is 6.54. The van der Waals surface area contributed by atoms with E-state index in [9.17, 15) is 4.39 Å². The smallest absolute Gasteiger partial charge is 0.165 e. The van der Waals surface area contributed by atoms with Crippen LogP contribution in [0.4, 0.5) is 4.39 Å². The minimum absolute atomic E-state index is 0.0218. The van der Waals surface area contributed by atoms with E-state index in [0.29, 0.717) is 5.92 Å². The van der Waals surface area contributed by atoms with Crippen molar-refractivity contribution in [1.29, 1.82) is 0 Å². The second-order valence-corrected chi connectivity index (χ2v) is 5.00. The third-order valence-electron chi connectivity index (χ3n) is 3.82. The van der Waals surface area contributed by atoms with Crippen LogP contribution >= 0.6 is 0 Å². The molecule has 4 heteroatoms. The van der Waals surface area contributed by atoms with Gasteiger partial charge in [-0.05, 0) is 30.0 Å². The highest BCUT2D eigenvalue weighted by molar-refractivity contribution is 5.31. The van der Waals surface area contributed by atoms with Crippen LogP contribution in [0.25, 0.3) is 0 Å². The first-order valence-electron chi connectivity index (χ1n) is 6.54. The Hall–Kier alpha value is -1.13. The van der Waals surface area contributed by atoms with E-state index in [1.165, 1.54) is 38.9 Å². The maximum atomic E-state index is 13.7. The summed E-state index contributed by atoms with van der Waals surface area (Å²) in [6.45, 7) is 0. The molecule has 3 N–H and O–H groups in total. The van der Waals surface area contributed by atoms with Gasteiger partial charge in [0.1, 0.15) is 0 Å². The number of halogens is 1. The van der Waals surface area contributed by atoms with Crippen LogP contribution in [0.3, 0.4) is 0 Å². The van der Waals surface area contributed by atoms with Crippen LogP contribution in [0.1, 0.15) is 43.7 Å². The van der Waals surface area contributed by atoms with Gasteiger partial charge in [-0.1, -0.05) is 31.7 Å². The number of methoxy groups -OCH3 is 1. The van der Waals surface area contributed by atoms with Crippen LogP contribution in [0.15, 0.2) is 18.2 Å². The van der Waals surface area contributed by atoms with Gasteiger partial charge in [0.2, 0.25) is 0 Å². The van der Waals surface area contributed by atoms with Gasteiger partial charge in [0.15, 0.2) is 11.6 Å². The molecule has 0 amide bonds. The van der Waals surface area contributed by atoms with Crippen molar-refractivity contribution in [3.05, 3.63) is 29.6 Å². The highest BCUT2D eigenvalue weighted by Crippen LogP contribution is 2.33. The summed E-state index contributed by atoms with van der Waals surface area (Å²) in [5, 5.41) is 0. The second-order valence-electron chi connectivity index (χ2n) is 5.00. The van der Waals surface area contributed by atoms with E-state index in [1.807, 2.05) is 6.07 Å². The molecule has 100 valence electrons. The fraction of sp³-hybridized carbons (Fsp3) is 0.571. The number of hydrazine groups is 1. The van der Waals surface area contributed by atoms with Crippen LogP contribution < -0.4 is 16.0 Å². The van der Waals surface area contributed by atoms with Crippen LogP contribution in [0.5, 0.6) is 5.75 Å². The van der Waals surface area contributed by atoms with Crippen molar-refractivity contribution in [1.82, 2.24) is 5.43 Å². The topological polar surface area (TPSA) is 47.3 Å². The van der Waals surface area contributed by atoms with Gasteiger partial charge in [0.05, 0.1) is 7.11 Å². The van der Waals surface area contributed by atoms with Crippen molar-refractivity contribution in [2.24, 2.45) is 11.8 Å². The third-order valence-corrected chi connectivity index (χ3v) is 3.82. The van der Waals surface area contributed by atoms with Crippen molar-refractivity contribution < 1.29 is 9.13 Å². The number of rotatable bonds is 5. The second kappa shape index (κ2) is 6.16. The molecule has 0 aromatic heterocycles. The molecule has 3 nitrogen and oxygen atoms in total. The first-order chi connectivity index (χ1) is 8.74. The van der Waals surface area contributed by atoms with Gasteiger partial charge in [-0.15, -0.1) is 0 Å². The fourth-order valence-corrected chi connectivity index (χ4v) is 2.78. The average molecular weight is 252 g/mol. The highest BCUT2D eigenvalue weighted by atomic mass is 19.1. The molecular weight excluding hydrogens is 231 g/mol. The van der Waals surface area contributed by atoms with Crippen molar-refractivity contribution in [2.45, 2.75) is 38.1 Å². The molecule has 1 aromatic carbocycles. The molecule has 1 atom stereocenters. The van der Waals surface area contributed by atoms with Gasteiger partial charge in [0.25, 0.3) is 0 Å². The predicted octanol–water partition coefficient (Wildman–Crippen LogP) is 2.92. The molecule has 1 aliphatic carbocycles. The van der Waals surface area contributed by atoms with E-state index in [4.69, 9.17) is 10.6 Å². The minimum atomic E-state index is -0.332. The van der Waals surface area contributed by atoms with Crippen molar-refractivity contribution in [3.8, 4) is 5.75 Å². The molecule has 1 aliphatic rings. The quantitative estimate of drug-likeness (QED) is 0.625. The first kappa shape index (κ1) is 13.3. The minimum Gasteiger partial charge on any atom is -0.494 e. The van der Waals surface area contributed by atoms with E-state index in [-0.39, 0.29) is 17.6 Å². The van der Waals surface area contributed by atoms with E-state index in [2.05, 4.69) is 5.43 Å². The molecule has 18 heavy (non-hydrogen) atoms. The summed E-state index contributed by atoms with van der Waals surface area (Å²) in [5.74, 6) is 6.25. The normalized spacial score (nSPS) is 17.9. The van der Waals surface area contributed by atoms with Gasteiger partial charge in [-0.2, -0.15) is 0 Å². The zero-order valence-corrected chi connectivity index (χ0v) is 10.8. The summed E-state index contributed by atoms with van der Waals surface area (Å²) in [7, 11) is 1.47. The van der Waals surface area contributed by atoms with Gasteiger partial charge >= 0.3 is 0 Å². The standard InChI is InChI=1S/C14H21FN2O/c1-18-14-7-6-11(9-12(14)15)13(17-16)8-10-4-2-3-5-10/h6-7,9-10,13,17H,2-5,8,16H2,1H3. The Morgan fingerprint density at radius 1 is 1.44 bits per heavy atom. The monoisotopic (exact) mass is 252 g/mol. The molecule has 0 saturated heterocycles.